The fraction of sp³-hybridized carbons (Fsp3) is 0.538. The van der Waals surface area contributed by atoms with Crippen molar-refractivity contribution in [1.82, 2.24) is 15.5 Å². The summed E-state index contributed by atoms with van der Waals surface area (Å²) >= 11 is 0. The van der Waals surface area contributed by atoms with Crippen molar-refractivity contribution in [3.63, 3.8) is 0 Å². The number of nitrogens with one attached hydrogen (secondary N) is 2. The van der Waals surface area contributed by atoms with Gasteiger partial charge in [-0.3, -0.25) is 14.5 Å². The number of hydrogen-bond acceptors (Lipinski definition) is 4. The van der Waals surface area contributed by atoms with E-state index in [1.807, 2.05) is 25.1 Å². The molecule has 0 spiro atoms. The minimum absolute atomic E-state index is 0.0621. The SMILES string of the molecule is CC(C)NC(=O)C(=O)NC[C@H](c1ccco1)N(C)C. The van der Waals surface area contributed by atoms with Crippen LogP contribution < -0.4 is 10.6 Å². The number of furan rings is 1. The molecule has 0 saturated carbocycles. The maximum atomic E-state index is 11.6. The first-order valence-corrected chi connectivity index (χ1v) is 6.20. The lowest BCUT2D eigenvalue weighted by atomic mass is 10.2. The Morgan fingerprint density at radius 2 is 2.00 bits per heavy atom. The third-order valence-electron chi connectivity index (χ3n) is 2.58. The van der Waals surface area contributed by atoms with Gasteiger partial charge >= 0.3 is 11.8 Å². The Balaban J connectivity index is 2.53. The van der Waals surface area contributed by atoms with Crippen LogP contribution in [-0.4, -0.2) is 43.4 Å². The van der Waals surface area contributed by atoms with E-state index in [4.69, 9.17) is 4.42 Å². The first-order valence-electron chi connectivity index (χ1n) is 6.20. The maximum Gasteiger partial charge on any atom is 0.309 e. The van der Waals surface area contributed by atoms with Crippen molar-refractivity contribution in [3.05, 3.63) is 24.2 Å². The van der Waals surface area contributed by atoms with Crippen LogP contribution in [0.4, 0.5) is 0 Å². The molecule has 0 saturated heterocycles. The summed E-state index contributed by atoms with van der Waals surface area (Å²) in [6.45, 7) is 3.91. The van der Waals surface area contributed by atoms with Gasteiger partial charge in [0, 0.05) is 12.6 Å². The molecular formula is C13H21N3O3. The highest BCUT2D eigenvalue weighted by atomic mass is 16.3. The van der Waals surface area contributed by atoms with Crippen LogP contribution in [0.1, 0.15) is 25.6 Å². The third-order valence-corrected chi connectivity index (χ3v) is 2.58. The molecular weight excluding hydrogens is 246 g/mol. The smallest absolute Gasteiger partial charge is 0.309 e. The Bertz CT molecular complexity index is 413. The van der Waals surface area contributed by atoms with E-state index in [0.717, 1.165) is 5.76 Å². The number of carbonyl (C=O) groups excluding carboxylic acids is 2. The quantitative estimate of drug-likeness (QED) is 0.763. The molecule has 1 rings (SSSR count). The molecule has 2 amide bonds. The molecule has 0 aliphatic rings. The summed E-state index contributed by atoms with van der Waals surface area (Å²) in [5, 5.41) is 5.15. The highest BCUT2D eigenvalue weighted by Gasteiger charge is 2.20. The van der Waals surface area contributed by atoms with Crippen LogP contribution >= 0.6 is 0 Å². The summed E-state index contributed by atoms with van der Waals surface area (Å²) in [6.07, 6.45) is 1.58. The summed E-state index contributed by atoms with van der Waals surface area (Å²) in [5.74, 6) is -0.506. The van der Waals surface area contributed by atoms with Gasteiger partial charge in [0.2, 0.25) is 0 Å². The Hall–Kier alpha value is -1.82. The van der Waals surface area contributed by atoms with Gasteiger partial charge in [0.25, 0.3) is 0 Å². The molecule has 1 aromatic heterocycles. The van der Waals surface area contributed by atoms with E-state index in [9.17, 15) is 9.59 Å². The van der Waals surface area contributed by atoms with E-state index in [-0.39, 0.29) is 12.1 Å². The van der Waals surface area contributed by atoms with E-state index in [1.165, 1.54) is 0 Å². The summed E-state index contributed by atoms with van der Waals surface area (Å²) in [5.41, 5.74) is 0. The van der Waals surface area contributed by atoms with E-state index in [0.29, 0.717) is 6.54 Å². The lowest BCUT2D eigenvalue weighted by Crippen LogP contribution is -2.45. The average molecular weight is 267 g/mol. The molecule has 6 heteroatoms. The molecule has 0 fully saturated rings. The Morgan fingerprint density at radius 1 is 1.32 bits per heavy atom. The highest BCUT2D eigenvalue weighted by Crippen LogP contribution is 2.17. The molecule has 0 aromatic carbocycles. The van der Waals surface area contributed by atoms with Crippen LogP contribution in [0, 0.1) is 0 Å². The van der Waals surface area contributed by atoms with Gasteiger partial charge in [-0.2, -0.15) is 0 Å². The topological polar surface area (TPSA) is 74.6 Å². The van der Waals surface area contributed by atoms with Gasteiger partial charge in [0.1, 0.15) is 5.76 Å². The fourth-order valence-corrected chi connectivity index (χ4v) is 1.62. The minimum Gasteiger partial charge on any atom is -0.468 e. The van der Waals surface area contributed by atoms with E-state index in [2.05, 4.69) is 10.6 Å². The van der Waals surface area contributed by atoms with E-state index < -0.39 is 11.8 Å². The van der Waals surface area contributed by atoms with Crippen LogP contribution in [0.2, 0.25) is 0 Å². The van der Waals surface area contributed by atoms with Crippen LogP contribution in [-0.2, 0) is 9.59 Å². The van der Waals surface area contributed by atoms with Crippen LogP contribution in [0.25, 0.3) is 0 Å². The zero-order valence-corrected chi connectivity index (χ0v) is 11.8. The molecule has 1 aromatic rings. The van der Waals surface area contributed by atoms with E-state index >= 15 is 0 Å². The van der Waals surface area contributed by atoms with Gasteiger partial charge in [0.15, 0.2) is 0 Å². The highest BCUT2D eigenvalue weighted by molar-refractivity contribution is 6.35. The van der Waals surface area contributed by atoms with Crippen LogP contribution in [0.3, 0.4) is 0 Å². The lowest BCUT2D eigenvalue weighted by molar-refractivity contribution is -0.139. The standard InChI is InChI=1S/C13H21N3O3/c1-9(2)15-13(18)12(17)14-8-10(16(3)4)11-6-5-7-19-11/h5-7,9-10H,8H2,1-4H3,(H,14,17)(H,15,18)/t10-/m1/s1. The molecule has 0 aliphatic carbocycles. The van der Waals surface area contributed by atoms with Crippen molar-refractivity contribution < 1.29 is 14.0 Å². The maximum absolute atomic E-state index is 11.6. The summed E-state index contributed by atoms with van der Waals surface area (Å²) in [6, 6.07) is 3.46. The fourth-order valence-electron chi connectivity index (χ4n) is 1.62. The predicted octanol–water partition coefficient (Wildman–Crippen LogP) is 0.523. The monoisotopic (exact) mass is 267 g/mol. The van der Waals surface area contributed by atoms with Gasteiger partial charge in [-0.15, -0.1) is 0 Å². The largest absolute Gasteiger partial charge is 0.468 e. The van der Waals surface area contributed by atoms with Crippen molar-refractivity contribution in [1.29, 1.82) is 0 Å². The van der Waals surface area contributed by atoms with Crippen LogP contribution in [0.15, 0.2) is 22.8 Å². The number of hydrogen-bond donors (Lipinski definition) is 2. The number of likely N-dealkylation sites (N-methyl/N-ethyl adjacent to an activating group) is 1. The second-order valence-corrected chi connectivity index (χ2v) is 4.83. The van der Waals surface area contributed by atoms with E-state index in [1.54, 1.807) is 26.2 Å². The third kappa shape index (κ3) is 4.75. The molecule has 6 nitrogen and oxygen atoms in total. The minimum atomic E-state index is -0.632. The van der Waals surface area contributed by atoms with Gasteiger partial charge in [-0.05, 0) is 40.1 Å². The van der Waals surface area contributed by atoms with Gasteiger partial charge in [0.05, 0.1) is 12.3 Å². The molecule has 1 atom stereocenters. The second-order valence-electron chi connectivity index (χ2n) is 4.83. The molecule has 0 unspecified atom stereocenters. The van der Waals surface area contributed by atoms with Crippen molar-refractivity contribution in [2.24, 2.45) is 0 Å². The summed E-state index contributed by atoms with van der Waals surface area (Å²) < 4.78 is 5.32. The predicted molar refractivity (Wildman–Crippen MR) is 71.4 cm³/mol. The molecule has 0 aliphatic heterocycles. The van der Waals surface area contributed by atoms with Crippen molar-refractivity contribution >= 4 is 11.8 Å². The second kappa shape index (κ2) is 6.94. The van der Waals surface area contributed by atoms with Gasteiger partial charge in [-0.25, -0.2) is 0 Å². The zero-order valence-electron chi connectivity index (χ0n) is 11.8. The van der Waals surface area contributed by atoms with Gasteiger partial charge in [-0.1, -0.05) is 0 Å². The molecule has 0 bridgehead atoms. The molecule has 2 N–H and O–H groups in total. The summed E-state index contributed by atoms with van der Waals surface area (Å²) in [7, 11) is 3.76. The number of amides is 2. The van der Waals surface area contributed by atoms with Gasteiger partial charge < -0.3 is 15.1 Å². The molecule has 1 heterocycles. The Morgan fingerprint density at radius 3 is 2.47 bits per heavy atom. The normalized spacial score (nSPS) is 12.5. The number of rotatable bonds is 5. The number of carbonyl (C=O) groups is 2. The average Bonchev–Trinajstić information content (AvgIpc) is 2.81. The Kier molecular flexibility index (Phi) is 5.57. The molecule has 19 heavy (non-hydrogen) atoms. The number of nitrogens with zero attached hydrogens (tertiary/aromatic N) is 1. The molecule has 106 valence electrons. The van der Waals surface area contributed by atoms with Crippen molar-refractivity contribution in [2.45, 2.75) is 25.9 Å². The van der Waals surface area contributed by atoms with Crippen LogP contribution in [0.5, 0.6) is 0 Å². The van der Waals surface area contributed by atoms with Crippen molar-refractivity contribution in [3.8, 4) is 0 Å². The Labute approximate surface area is 113 Å². The summed E-state index contributed by atoms with van der Waals surface area (Å²) in [4.78, 5) is 25.0. The van der Waals surface area contributed by atoms with Crippen molar-refractivity contribution in [2.75, 3.05) is 20.6 Å². The first-order chi connectivity index (χ1) is 8.91. The molecule has 0 radical (unpaired) electrons. The lowest BCUT2D eigenvalue weighted by Gasteiger charge is -2.22. The zero-order chi connectivity index (χ0) is 14.4. The first kappa shape index (κ1) is 15.2.